The molecule has 2 rings (SSSR count). The van der Waals surface area contributed by atoms with Crippen molar-refractivity contribution in [3.63, 3.8) is 0 Å². The Balaban J connectivity index is 1.99. The normalized spacial score (nSPS) is 10.0. The first-order chi connectivity index (χ1) is 9.31. The summed E-state index contributed by atoms with van der Waals surface area (Å²) in [6, 6.07) is 15.1. The van der Waals surface area contributed by atoms with E-state index in [2.05, 4.69) is 0 Å². The van der Waals surface area contributed by atoms with E-state index in [4.69, 9.17) is 14.2 Å². The van der Waals surface area contributed by atoms with Crippen LogP contribution >= 0.6 is 0 Å². The Hall–Kier alpha value is -2.16. The van der Waals surface area contributed by atoms with Gasteiger partial charge in [0, 0.05) is 0 Å². The lowest BCUT2D eigenvalue weighted by molar-refractivity contribution is 0.339. The highest BCUT2D eigenvalue weighted by molar-refractivity contribution is 5.37. The molecular formula is C16H18O3. The van der Waals surface area contributed by atoms with Gasteiger partial charge in [0.1, 0.15) is 23.0 Å². The molecule has 0 aromatic heterocycles. The van der Waals surface area contributed by atoms with Crippen LogP contribution in [0.2, 0.25) is 0 Å². The third-order valence-electron chi connectivity index (χ3n) is 2.51. The summed E-state index contributed by atoms with van der Waals surface area (Å²) >= 11 is 0. The number of ether oxygens (including phenoxy) is 3. The first-order valence-electron chi connectivity index (χ1n) is 6.45. The molecule has 100 valence electrons. The van der Waals surface area contributed by atoms with Crippen molar-refractivity contribution in [1.29, 1.82) is 0 Å². The Morgan fingerprint density at radius 3 is 1.21 bits per heavy atom. The van der Waals surface area contributed by atoms with E-state index in [1.807, 2.05) is 62.4 Å². The molecule has 0 N–H and O–H groups in total. The molecule has 0 heterocycles. The Morgan fingerprint density at radius 1 is 0.579 bits per heavy atom. The molecule has 0 saturated carbocycles. The minimum absolute atomic E-state index is 0.666. The third kappa shape index (κ3) is 3.91. The molecule has 19 heavy (non-hydrogen) atoms. The fraction of sp³-hybridized carbons (Fsp3) is 0.250. The smallest absolute Gasteiger partial charge is 0.127 e. The molecule has 3 nitrogen and oxygen atoms in total. The molecule has 0 aliphatic heterocycles. The van der Waals surface area contributed by atoms with Crippen LogP contribution in [0.1, 0.15) is 13.8 Å². The standard InChI is InChI=1S/C16H18O3/c1-3-17-13-5-9-15(10-6-13)19-16-11-7-14(8-12-16)18-4-2/h5-12H,3-4H2,1-2H3. The molecular weight excluding hydrogens is 240 g/mol. The largest absolute Gasteiger partial charge is 0.494 e. The first-order valence-corrected chi connectivity index (χ1v) is 6.45. The van der Waals surface area contributed by atoms with Gasteiger partial charge < -0.3 is 14.2 Å². The highest BCUT2D eigenvalue weighted by Gasteiger charge is 1.99. The molecule has 0 aliphatic carbocycles. The van der Waals surface area contributed by atoms with Gasteiger partial charge in [-0.1, -0.05) is 0 Å². The summed E-state index contributed by atoms with van der Waals surface area (Å²) in [5.74, 6) is 3.27. The third-order valence-corrected chi connectivity index (χ3v) is 2.51. The Labute approximate surface area is 113 Å². The van der Waals surface area contributed by atoms with Crippen LogP contribution in [0.3, 0.4) is 0 Å². The van der Waals surface area contributed by atoms with E-state index in [-0.39, 0.29) is 0 Å². The molecule has 0 bridgehead atoms. The Kier molecular flexibility index (Phi) is 4.67. The summed E-state index contributed by atoms with van der Waals surface area (Å²) in [7, 11) is 0. The van der Waals surface area contributed by atoms with Gasteiger partial charge in [0.2, 0.25) is 0 Å². The lowest BCUT2D eigenvalue weighted by atomic mass is 10.3. The second-order valence-electron chi connectivity index (χ2n) is 3.91. The van der Waals surface area contributed by atoms with Gasteiger partial charge in [-0.15, -0.1) is 0 Å². The van der Waals surface area contributed by atoms with E-state index in [1.54, 1.807) is 0 Å². The summed E-state index contributed by atoms with van der Waals surface area (Å²) in [5, 5.41) is 0. The van der Waals surface area contributed by atoms with Crippen molar-refractivity contribution in [3.8, 4) is 23.0 Å². The van der Waals surface area contributed by atoms with Crippen LogP contribution in [-0.4, -0.2) is 13.2 Å². The second kappa shape index (κ2) is 6.69. The zero-order chi connectivity index (χ0) is 13.5. The second-order valence-corrected chi connectivity index (χ2v) is 3.91. The lowest BCUT2D eigenvalue weighted by Gasteiger charge is -2.08. The SMILES string of the molecule is CCOc1ccc(Oc2ccc(OCC)cc2)cc1. The summed E-state index contributed by atoms with van der Waals surface area (Å²) in [4.78, 5) is 0. The molecule has 2 aromatic rings. The predicted octanol–water partition coefficient (Wildman–Crippen LogP) is 4.28. The van der Waals surface area contributed by atoms with Gasteiger partial charge in [0.15, 0.2) is 0 Å². The summed E-state index contributed by atoms with van der Waals surface area (Å²) in [6.07, 6.45) is 0. The summed E-state index contributed by atoms with van der Waals surface area (Å²) < 4.78 is 16.5. The summed E-state index contributed by atoms with van der Waals surface area (Å²) in [6.45, 7) is 5.26. The summed E-state index contributed by atoms with van der Waals surface area (Å²) in [5.41, 5.74) is 0. The van der Waals surface area contributed by atoms with Crippen molar-refractivity contribution in [3.05, 3.63) is 48.5 Å². The molecule has 0 unspecified atom stereocenters. The topological polar surface area (TPSA) is 27.7 Å². The quantitative estimate of drug-likeness (QED) is 0.774. The highest BCUT2D eigenvalue weighted by atomic mass is 16.5. The van der Waals surface area contributed by atoms with Gasteiger partial charge in [-0.25, -0.2) is 0 Å². The van der Waals surface area contributed by atoms with Crippen LogP contribution < -0.4 is 14.2 Å². The average Bonchev–Trinajstić information content (AvgIpc) is 2.44. The van der Waals surface area contributed by atoms with Gasteiger partial charge in [0.05, 0.1) is 13.2 Å². The molecule has 0 atom stereocenters. The van der Waals surface area contributed by atoms with E-state index in [0.29, 0.717) is 13.2 Å². The van der Waals surface area contributed by atoms with Crippen LogP contribution in [0.4, 0.5) is 0 Å². The molecule has 3 heteroatoms. The molecule has 0 aliphatic rings. The monoisotopic (exact) mass is 258 g/mol. The van der Waals surface area contributed by atoms with Gasteiger partial charge in [0.25, 0.3) is 0 Å². The van der Waals surface area contributed by atoms with Gasteiger partial charge >= 0.3 is 0 Å². The Bertz CT molecular complexity index is 441. The number of rotatable bonds is 6. The van der Waals surface area contributed by atoms with Crippen molar-refractivity contribution in [1.82, 2.24) is 0 Å². The van der Waals surface area contributed by atoms with Crippen LogP contribution in [0, 0.1) is 0 Å². The maximum Gasteiger partial charge on any atom is 0.127 e. The van der Waals surface area contributed by atoms with Gasteiger partial charge in [-0.2, -0.15) is 0 Å². The van der Waals surface area contributed by atoms with E-state index in [1.165, 1.54) is 0 Å². The van der Waals surface area contributed by atoms with E-state index < -0.39 is 0 Å². The molecule has 0 fully saturated rings. The fourth-order valence-electron chi connectivity index (χ4n) is 1.68. The molecule has 0 spiro atoms. The van der Waals surface area contributed by atoms with Crippen LogP contribution in [-0.2, 0) is 0 Å². The van der Waals surface area contributed by atoms with Crippen molar-refractivity contribution in [2.24, 2.45) is 0 Å². The van der Waals surface area contributed by atoms with Crippen LogP contribution in [0.15, 0.2) is 48.5 Å². The molecule has 2 aromatic carbocycles. The lowest BCUT2D eigenvalue weighted by Crippen LogP contribution is -1.92. The van der Waals surface area contributed by atoms with Crippen molar-refractivity contribution in [2.75, 3.05) is 13.2 Å². The average molecular weight is 258 g/mol. The van der Waals surface area contributed by atoms with Crippen LogP contribution in [0.5, 0.6) is 23.0 Å². The van der Waals surface area contributed by atoms with E-state index in [0.717, 1.165) is 23.0 Å². The van der Waals surface area contributed by atoms with E-state index >= 15 is 0 Å². The fourth-order valence-corrected chi connectivity index (χ4v) is 1.68. The number of benzene rings is 2. The van der Waals surface area contributed by atoms with Crippen molar-refractivity contribution in [2.45, 2.75) is 13.8 Å². The van der Waals surface area contributed by atoms with Crippen molar-refractivity contribution < 1.29 is 14.2 Å². The number of hydrogen-bond acceptors (Lipinski definition) is 3. The highest BCUT2D eigenvalue weighted by Crippen LogP contribution is 2.25. The van der Waals surface area contributed by atoms with Gasteiger partial charge in [-0.3, -0.25) is 0 Å². The molecule has 0 radical (unpaired) electrons. The Morgan fingerprint density at radius 2 is 0.895 bits per heavy atom. The van der Waals surface area contributed by atoms with E-state index in [9.17, 15) is 0 Å². The predicted molar refractivity (Wildman–Crippen MR) is 75.3 cm³/mol. The first kappa shape index (κ1) is 13.3. The van der Waals surface area contributed by atoms with Crippen LogP contribution in [0.25, 0.3) is 0 Å². The minimum atomic E-state index is 0.666. The maximum absolute atomic E-state index is 5.73. The maximum atomic E-state index is 5.73. The molecule has 0 saturated heterocycles. The molecule has 0 amide bonds. The zero-order valence-electron chi connectivity index (χ0n) is 11.3. The van der Waals surface area contributed by atoms with Gasteiger partial charge in [-0.05, 0) is 62.4 Å². The van der Waals surface area contributed by atoms with Crippen molar-refractivity contribution >= 4 is 0 Å². The zero-order valence-corrected chi connectivity index (χ0v) is 11.3. The number of hydrogen-bond donors (Lipinski definition) is 0. The minimum Gasteiger partial charge on any atom is -0.494 e.